The van der Waals surface area contributed by atoms with E-state index >= 15 is 0 Å². The lowest BCUT2D eigenvalue weighted by molar-refractivity contribution is 0.0750. The summed E-state index contributed by atoms with van der Waals surface area (Å²) in [4.78, 5) is 16.4. The predicted molar refractivity (Wildman–Crippen MR) is 83.1 cm³/mol. The Morgan fingerprint density at radius 2 is 1.68 bits per heavy atom. The molecule has 0 atom stereocenters. The van der Waals surface area contributed by atoms with Gasteiger partial charge in [-0.25, -0.2) is 0 Å². The van der Waals surface area contributed by atoms with E-state index in [1.54, 1.807) is 0 Å². The molecule has 0 aliphatic carbocycles. The van der Waals surface area contributed by atoms with Crippen LogP contribution in [0, 0.1) is 0 Å². The van der Waals surface area contributed by atoms with Crippen molar-refractivity contribution < 1.29 is 4.79 Å². The van der Waals surface area contributed by atoms with Crippen molar-refractivity contribution in [3.8, 4) is 0 Å². The third-order valence-corrected chi connectivity index (χ3v) is 2.83. The van der Waals surface area contributed by atoms with Crippen LogP contribution in [0.5, 0.6) is 0 Å². The van der Waals surface area contributed by atoms with Gasteiger partial charge in [-0.2, -0.15) is 0 Å². The van der Waals surface area contributed by atoms with Crippen molar-refractivity contribution >= 4 is 18.3 Å². The monoisotopic (exact) mass is 284 g/mol. The lowest BCUT2D eigenvalue weighted by Gasteiger charge is -2.23. The third-order valence-electron chi connectivity index (χ3n) is 2.83. The van der Waals surface area contributed by atoms with Crippen molar-refractivity contribution in [2.45, 2.75) is 19.8 Å². The molecule has 0 aromatic heterocycles. The first-order valence-corrected chi connectivity index (χ1v) is 6.64. The molecule has 0 radical (unpaired) electrons. The first kappa shape index (κ1) is 17.9. The van der Waals surface area contributed by atoms with Gasteiger partial charge in [0.2, 0.25) is 0 Å². The molecule has 1 aromatic rings. The number of hydrogen-bond donors (Lipinski definition) is 0. The van der Waals surface area contributed by atoms with E-state index in [1.165, 1.54) is 0 Å². The minimum absolute atomic E-state index is 0. The lowest BCUT2D eigenvalue weighted by atomic mass is 10.2. The quantitative estimate of drug-likeness (QED) is 0.769. The molecule has 108 valence electrons. The van der Waals surface area contributed by atoms with Crippen LogP contribution in [0.15, 0.2) is 30.3 Å². The molecule has 1 rings (SSSR count). The van der Waals surface area contributed by atoms with Crippen LogP contribution in [-0.2, 0) is 0 Å². The second kappa shape index (κ2) is 9.82. The number of benzene rings is 1. The van der Waals surface area contributed by atoms with Gasteiger partial charge in [0.1, 0.15) is 0 Å². The van der Waals surface area contributed by atoms with Crippen molar-refractivity contribution in [1.29, 1.82) is 0 Å². The SMILES string of the molecule is CCCN(CCCN(C)C)C(=O)c1ccccc1.Cl. The number of nitrogens with zero attached hydrogens (tertiary/aromatic N) is 2. The zero-order valence-electron chi connectivity index (χ0n) is 12.1. The van der Waals surface area contributed by atoms with E-state index in [0.717, 1.165) is 38.0 Å². The minimum Gasteiger partial charge on any atom is -0.339 e. The zero-order valence-corrected chi connectivity index (χ0v) is 12.9. The van der Waals surface area contributed by atoms with Gasteiger partial charge in [0.15, 0.2) is 0 Å². The minimum atomic E-state index is 0. The van der Waals surface area contributed by atoms with Gasteiger partial charge < -0.3 is 9.80 Å². The highest BCUT2D eigenvalue weighted by Crippen LogP contribution is 2.06. The third kappa shape index (κ3) is 6.60. The Balaban J connectivity index is 0.00000324. The largest absolute Gasteiger partial charge is 0.339 e. The molecule has 4 heteroatoms. The van der Waals surface area contributed by atoms with Crippen LogP contribution in [0.1, 0.15) is 30.1 Å². The van der Waals surface area contributed by atoms with Crippen LogP contribution in [0.4, 0.5) is 0 Å². The summed E-state index contributed by atoms with van der Waals surface area (Å²) in [6, 6.07) is 9.54. The number of halogens is 1. The Kier molecular flexibility index (Phi) is 9.27. The summed E-state index contributed by atoms with van der Waals surface area (Å²) in [5.41, 5.74) is 0.788. The zero-order chi connectivity index (χ0) is 13.4. The molecule has 19 heavy (non-hydrogen) atoms. The highest BCUT2D eigenvalue weighted by molar-refractivity contribution is 5.94. The normalized spacial score (nSPS) is 10.1. The summed E-state index contributed by atoms with van der Waals surface area (Å²) in [6.07, 6.45) is 2.02. The van der Waals surface area contributed by atoms with Gasteiger partial charge in [-0.1, -0.05) is 25.1 Å². The van der Waals surface area contributed by atoms with E-state index in [0.29, 0.717) is 0 Å². The summed E-state index contributed by atoms with van der Waals surface area (Å²) >= 11 is 0. The highest BCUT2D eigenvalue weighted by Gasteiger charge is 2.13. The molecule has 1 aromatic carbocycles. The highest BCUT2D eigenvalue weighted by atomic mass is 35.5. The van der Waals surface area contributed by atoms with E-state index in [4.69, 9.17) is 0 Å². The predicted octanol–water partition coefficient (Wildman–Crippen LogP) is 2.91. The Hall–Kier alpha value is -1.06. The van der Waals surface area contributed by atoms with Gasteiger partial charge in [-0.05, 0) is 45.6 Å². The van der Waals surface area contributed by atoms with Gasteiger partial charge >= 0.3 is 0 Å². The molecule has 0 N–H and O–H groups in total. The topological polar surface area (TPSA) is 23.6 Å². The summed E-state index contributed by atoms with van der Waals surface area (Å²) < 4.78 is 0. The van der Waals surface area contributed by atoms with Gasteiger partial charge in [-0.3, -0.25) is 4.79 Å². The van der Waals surface area contributed by atoms with E-state index in [9.17, 15) is 4.79 Å². The van der Waals surface area contributed by atoms with Gasteiger partial charge in [0.25, 0.3) is 5.91 Å². The van der Waals surface area contributed by atoms with E-state index in [1.807, 2.05) is 35.2 Å². The molecular formula is C15H25ClN2O. The smallest absolute Gasteiger partial charge is 0.253 e. The maximum absolute atomic E-state index is 12.3. The van der Waals surface area contributed by atoms with Gasteiger partial charge in [0.05, 0.1) is 0 Å². The standard InChI is InChI=1S/C15H24N2O.ClH/c1-4-11-17(13-8-12-16(2)3)15(18)14-9-6-5-7-10-14;/h5-7,9-10H,4,8,11-13H2,1-3H3;1H. The molecular weight excluding hydrogens is 260 g/mol. The molecule has 0 spiro atoms. The Morgan fingerprint density at radius 3 is 2.21 bits per heavy atom. The molecule has 0 bridgehead atoms. The van der Waals surface area contributed by atoms with Gasteiger partial charge in [-0.15, -0.1) is 12.4 Å². The maximum Gasteiger partial charge on any atom is 0.253 e. The lowest BCUT2D eigenvalue weighted by Crippen LogP contribution is -2.34. The molecule has 0 heterocycles. The van der Waals surface area contributed by atoms with Crippen LogP contribution in [-0.4, -0.2) is 49.4 Å². The Bertz CT molecular complexity index is 354. The van der Waals surface area contributed by atoms with E-state index < -0.39 is 0 Å². The first-order valence-electron chi connectivity index (χ1n) is 6.64. The van der Waals surface area contributed by atoms with Crippen molar-refractivity contribution in [3.05, 3.63) is 35.9 Å². The van der Waals surface area contributed by atoms with Gasteiger partial charge in [0, 0.05) is 18.7 Å². The summed E-state index contributed by atoms with van der Waals surface area (Å²) in [5.74, 6) is 0.149. The van der Waals surface area contributed by atoms with Crippen LogP contribution < -0.4 is 0 Å². The second-order valence-electron chi connectivity index (χ2n) is 4.82. The molecule has 0 aliphatic rings. The molecule has 0 saturated heterocycles. The molecule has 0 unspecified atom stereocenters. The maximum atomic E-state index is 12.3. The van der Waals surface area contributed by atoms with Crippen molar-refractivity contribution in [2.75, 3.05) is 33.7 Å². The number of carbonyl (C=O) groups is 1. The van der Waals surface area contributed by atoms with E-state index in [-0.39, 0.29) is 18.3 Å². The fourth-order valence-corrected chi connectivity index (χ4v) is 1.93. The molecule has 0 aliphatic heterocycles. The van der Waals surface area contributed by atoms with Crippen molar-refractivity contribution in [2.24, 2.45) is 0 Å². The molecule has 3 nitrogen and oxygen atoms in total. The summed E-state index contributed by atoms with van der Waals surface area (Å²) in [6.45, 7) is 4.79. The van der Waals surface area contributed by atoms with Crippen LogP contribution in [0.25, 0.3) is 0 Å². The fourth-order valence-electron chi connectivity index (χ4n) is 1.93. The molecule has 1 amide bonds. The summed E-state index contributed by atoms with van der Waals surface area (Å²) in [7, 11) is 4.12. The van der Waals surface area contributed by atoms with E-state index in [2.05, 4.69) is 25.9 Å². The summed E-state index contributed by atoms with van der Waals surface area (Å²) in [5, 5.41) is 0. The van der Waals surface area contributed by atoms with Crippen LogP contribution >= 0.6 is 12.4 Å². The van der Waals surface area contributed by atoms with Crippen LogP contribution in [0.3, 0.4) is 0 Å². The molecule has 0 fully saturated rings. The number of rotatable bonds is 7. The Labute approximate surface area is 123 Å². The number of amides is 1. The molecule has 0 saturated carbocycles. The number of carbonyl (C=O) groups excluding carboxylic acids is 1. The average Bonchev–Trinajstić information content (AvgIpc) is 2.37. The first-order chi connectivity index (χ1) is 8.65. The van der Waals surface area contributed by atoms with Crippen LogP contribution in [0.2, 0.25) is 0 Å². The number of hydrogen-bond acceptors (Lipinski definition) is 2. The average molecular weight is 285 g/mol. The fraction of sp³-hybridized carbons (Fsp3) is 0.533. The van der Waals surface area contributed by atoms with Crippen molar-refractivity contribution in [3.63, 3.8) is 0 Å². The Morgan fingerprint density at radius 1 is 1.05 bits per heavy atom. The van der Waals surface area contributed by atoms with Crippen molar-refractivity contribution in [1.82, 2.24) is 9.80 Å². The second-order valence-corrected chi connectivity index (χ2v) is 4.82.